The SMILES string of the molecule is CCCC(C)(NC(=O)c1ccc(N(C)C)cc1)C(=O)OC. The van der Waals surface area contributed by atoms with Gasteiger partial charge in [-0.15, -0.1) is 0 Å². The maximum atomic E-state index is 12.3. The van der Waals surface area contributed by atoms with E-state index in [1.807, 2.05) is 38.1 Å². The summed E-state index contributed by atoms with van der Waals surface area (Å²) in [5.41, 5.74) is 0.531. The van der Waals surface area contributed by atoms with Gasteiger partial charge in [-0.2, -0.15) is 0 Å². The van der Waals surface area contributed by atoms with Crippen LogP contribution in [0.3, 0.4) is 0 Å². The molecule has 5 heteroatoms. The monoisotopic (exact) mass is 292 g/mol. The summed E-state index contributed by atoms with van der Waals surface area (Å²) in [6, 6.07) is 7.22. The highest BCUT2D eigenvalue weighted by molar-refractivity contribution is 5.98. The zero-order chi connectivity index (χ0) is 16.0. The topological polar surface area (TPSA) is 58.6 Å². The molecule has 0 aliphatic heterocycles. The van der Waals surface area contributed by atoms with Crippen molar-refractivity contribution in [3.63, 3.8) is 0 Å². The molecule has 1 amide bonds. The first kappa shape index (κ1) is 17.0. The molecule has 0 radical (unpaired) electrons. The minimum Gasteiger partial charge on any atom is -0.467 e. The van der Waals surface area contributed by atoms with E-state index in [1.165, 1.54) is 7.11 Å². The number of nitrogens with one attached hydrogen (secondary N) is 1. The highest BCUT2D eigenvalue weighted by Gasteiger charge is 2.35. The average Bonchev–Trinajstić information content (AvgIpc) is 2.46. The Morgan fingerprint density at radius 3 is 2.24 bits per heavy atom. The van der Waals surface area contributed by atoms with Crippen molar-refractivity contribution in [1.29, 1.82) is 0 Å². The van der Waals surface area contributed by atoms with Crippen molar-refractivity contribution in [2.75, 3.05) is 26.1 Å². The Balaban J connectivity index is 2.89. The molecule has 1 unspecified atom stereocenters. The van der Waals surface area contributed by atoms with Crippen molar-refractivity contribution >= 4 is 17.6 Å². The van der Waals surface area contributed by atoms with E-state index in [2.05, 4.69) is 5.32 Å². The van der Waals surface area contributed by atoms with Crippen LogP contribution in [0.1, 0.15) is 37.0 Å². The van der Waals surface area contributed by atoms with Gasteiger partial charge in [0.2, 0.25) is 0 Å². The zero-order valence-electron chi connectivity index (χ0n) is 13.4. The van der Waals surface area contributed by atoms with Crippen LogP contribution in [-0.4, -0.2) is 38.6 Å². The predicted octanol–water partition coefficient (Wildman–Crippen LogP) is 2.21. The maximum absolute atomic E-state index is 12.3. The van der Waals surface area contributed by atoms with Gasteiger partial charge in [0.05, 0.1) is 7.11 Å². The van der Waals surface area contributed by atoms with E-state index >= 15 is 0 Å². The smallest absolute Gasteiger partial charge is 0.331 e. The fraction of sp³-hybridized carbons (Fsp3) is 0.500. The summed E-state index contributed by atoms with van der Waals surface area (Å²) in [4.78, 5) is 26.2. The number of methoxy groups -OCH3 is 1. The first-order valence-corrected chi connectivity index (χ1v) is 7.02. The summed E-state index contributed by atoms with van der Waals surface area (Å²) in [5, 5.41) is 2.78. The largest absolute Gasteiger partial charge is 0.467 e. The van der Waals surface area contributed by atoms with Gasteiger partial charge in [0.25, 0.3) is 5.91 Å². The van der Waals surface area contributed by atoms with Gasteiger partial charge in [-0.1, -0.05) is 13.3 Å². The summed E-state index contributed by atoms with van der Waals surface area (Å²) >= 11 is 0. The molecule has 0 spiro atoms. The van der Waals surface area contributed by atoms with Crippen LogP contribution in [0.25, 0.3) is 0 Å². The van der Waals surface area contributed by atoms with Crippen molar-refractivity contribution < 1.29 is 14.3 Å². The van der Waals surface area contributed by atoms with E-state index in [1.54, 1.807) is 19.1 Å². The lowest BCUT2D eigenvalue weighted by Gasteiger charge is -2.27. The molecule has 0 saturated carbocycles. The Morgan fingerprint density at radius 1 is 1.24 bits per heavy atom. The Hall–Kier alpha value is -2.04. The second kappa shape index (κ2) is 7.11. The Bertz CT molecular complexity index is 497. The standard InChI is InChI=1S/C16H24N2O3/c1-6-11-16(2,15(20)21-5)17-14(19)12-7-9-13(10-8-12)18(3)4/h7-10H,6,11H2,1-5H3,(H,17,19). The van der Waals surface area contributed by atoms with Crippen LogP contribution in [0.5, 0.6) is 0 Å². The van der Waals surface area contributed by atoms with Crippen molar-refractivity contribution in [2.24, 2.45) is 0 Å². The molecule has 0 aromatic heterocycles. The molecule has 1 aromatic rings. The summed E-state index contributed by atoms with van der Waals surface area (Å²) in [6.45, 7) is 3.65. The second-order valence-electron chi connectivity index (χ2n) is 5.47. The van der Waals surface area contributed by atoms with Gasteiger partial charge in [0.1, 0.15) is 5.54 Å². The highest BCUT2D eigenvalue weighted by atomic mass is 16.5. The third-order valence-electron chi connectivity index (χ3n) is 3.42. The minimum atomic E-state index is -0.999. The van der Waals surface area contributed by atoms with E-state index in [-0.39, 0.29) is 5.91 Å². The van der Waals surface area contributed by atoms with Crippen LogP contribution in [0.2, 0.25) is 0 Å². The molecular formula is C16H24N2O3. The summed E-state index contributed by atoms with van der Waals surface area (Å²) in [6.07, 6.45) is 1.30. The molecule has 5 nitrogen and oxygen atoms in total. The van der Waals surface area contributed by atoms with Crippen molar-refractivity contribution in [2.45, 2.75) is 32.2 Å². The molecule has 1 aromatic carbocycles. The molecule has 0 fully saturated rings. The molecule has 0 bridgehead atoms. The molecule has 0 aliphatic rings. The number of ether oxygens (including phenoxy) is 1. The van der Waals surface area contributed by atoms with Crippen LogP contribution in [0, 0.1) is 0 Å². The number of anilines is 1. The van der Waals surface area contributed by atoms with E-state index in [0.29, 0.717) is 12.0 Å². The summed E-state index contributed by atoms with van der Waals surface area (Å²) in [5.74, 6) is -0.704. The fourth-order valence-corrected chi connectivity index (χ4v) is 2.17. The lowest BCUT2D eigenvalue weighted by Crippen LogP contribution is -2.52. The molecule has 0 aliphatic carbocycles. The van der Waals surface area contributed by atoms with Crippen molar-refractivity contribution in [3.8, 4) is 0 Å². The third-order valence-corrected chi connectivity index (χ3v) is 3.42. The molecule has 1 atom stereocenters. The first-order valence-electron chi connectivity index (χ1n) is 7.02. The van der Waals surface area contributed by atoms with Gasteiger partial charge in [-0.05, 0) is 37.6 Å². The van der Waals surface area contributed by atoms with E-state index < -0.39 is 11.5 Å². The zero-order valence-corrected chi connectivity index (χ0v) is 13.4. The van der Waals surface area contributed by atoms with Crippen LogP contribution in [0.4, 0.5) is 5.69 Å². The number of hydrogen-bond donors (Lipinski definition) is 1. The van der Waals surface area contributed by atoms with Gasteiger partial charge in [0, 0.05) is 25.3 Å². The Kier molecular flexibility index (Phi) is 5.76. The first-order chi connectivity index (χ1) is 9.84. The van der Waals surface area contributed by atoms with Crippen molar-refractivity contribution in [3.05, 3.63) is 29.8 Å². The molecule has 1 N–H and O–H groups in total. The fourth-order valence-electron chi connectivity index (χ4n) is 2.17. The number of carbonyl (C=O) groups is 2. The molecule has 0 saturated heterocycles. The molecular weight excluding hydrogens is 268 g/mol. The summed E-state index contributed by atoms with van der Waals surface area (Å²) in [7, 11) is 5.20. The number of benzene rings is 1. The van der Waals surface area contributed by atoms with Crippen LogP contribution in [-0.2, 0) is 9.53 Å². The van der Waals surface area contributed by atoms with Gasteiger partial charge in [0.15, 0.2) is 0 Å². The molecule has 1 rings (SSSR count). The number of esters is 1. The van der Waals surface area contributed by atoms with Crippen LogP contribution < -0.4 is 10.2 Å². The molecule has 21 heavy (non-hydrogen) atoms. The van der Waals surface area contributed by atoms with E-state index in [4.69, 9.17) is 4.74 Å². The van der Waals surface area contributed by atoms with E-state index in [0.717, 1.165) is 12.1 Å². The number of amides is 1. The minimum absolute atomic E-state index is 0.276. The lowest BCUT2D eigenvalue weighted by molar-refractivity contribution is -0.147. The normalized spacial score (nSPS) is 13.2. The Morgan fingerprint density at radius 2 is 1.81 bits per heavy atom. The number of nitrogens with zero attached hydrogens (tertiary/aromatic N) is 1. The third kappa shape index (κ3) is 4.21. The van der Waals surface area contributed by atoms with E-state index in [9.17, 15) is 9.59 Å². The molecule has 116 valence electrons. The van der Waals surface area contributed by atoms with Crippen molar-refractivity contribution in [1.82, 2.24) is 5.32 Å². The van der Waals surface area contributed by atoms with Gasteiger partial charge >= 0.3 is 5.97 Å². The number of rotatable bonds is 6. The Labute approximate surface area is 126 Å². The molecule has 0 heterocycles. The average molecular weight is 292 g/mol. The quantitative estimate of drug-likeness (QED) is 0.817. The van der Waals surface area contributed by atoms with Gasteiger partial charge in [-0.3, -0.25) is 4.79 Å². The maximum Gasteiger partial charge on any atom is 0.331 e. The summed E-state index contributed by atoms with van der Waals surface area (Å²) < 4.78 is 4.79. The second-order valence-corrected chi connectivity index (χ2v) is 5.47. The number of hydrogen-bond acceptors (Lipinski definition) is 4. The van der Waals surface area contributed by atoms with Gasteiger partial charge < -0.3 is 15.0 Å². The lowest BCUT2D eigenvalue weighted by atomic mass is 9.95. The van der Waals surface area contributed by atoms with Gasteiger partial charge in [-0.25, -0.2) is 4.79 Å². The van der Waals surface area contributed by atoms with Crippen LogP contribution >= 0.6 is 0 Å². The van der Waals surface area contributed by atoms with Crippen LogP contribution in [0.15, 0.2) is 24.3 Å². The number of carbonyl (C=O) groups excluding carboxylic acids is 2. The predicted molar refractivity (Wildman–Crippen MR) is 83.6 cm³/mol. The highest BCUT2D eigenvalue weighted by Crippen LogP contribution is 2.17.